The van der Waals surface area contributed by atoms with Crippen molar-refractivity contribution in [3.8, 4) is 5.75 Å². The van der Waals surface area contributed by atoms with Crippen LogP contribution >= 0.6 is 23.1 Å². The average molecular weight is 420 g/mol. The number of amides is 2. The number of thiophene rings is 1. The van der Waals surface area contributed by atoms with Gasteiger partial charge in [-0.3, -0.25) is 14.5 Å². The van der Waals surface area contributed by atoms with Gasteiger partial charge >= 0.3 is 0 Å². The molecule has 28 heavy (non-hydrogen) atoms. The normalized spacial score (nSPS) is 14.0. The van der Waals surface area contributed by atoms with E-state index >= 15 is 0 Å². The van der Waals surface area contributed by atoms with E-state index in [9.17, 15) is 9.59 Å². The zero-order valence-corrected chi connectivity index (χ0v) is 17.9. The molecule has 3 N–H and O–H groups in total. The Bertz CT molecular complexity index is 862. The first-order valence-corrected chi connectivity index (χ1v) is 10.9. The number of fused-ring (bicyclic) bond motifs is 1. The van der Waals surface area contributed by atoms with Crippen LogP contribution in [0.4, 0.5) is 5.00 Å². The predicted molar refractivity (Wildman–Crippen MR) is 114 cm³/mol. The molecule has 3 rings (SSSR count). The number of methoxy groups -OCH3 is 1. The maximum atomic E-state index is 12.5. The van der Waals surface area contributed by atoms with Crippen molar-refractivity contribution in [2.75, 3.05) is 24.7 Å². The van der Waals surface area contributed by atoms with Crippen molar-refractivity contribution in [2.45, 2.75) is 37.8 Å². The van der Waals surface area contributed by atoms with Gasteiger partial charge in [-0.1, -0.05) is 0 Å². The zero-order valence-electron chi connectivity index (χ0n) is 16.3. The summed E-state index contributed by atoms with van der Waals surface area (Å²) in [4.78, 5) is 28.9. The molecule has 2 amide bonds. The number of carbonyl (C=O) groups excluding carboxylic acids is 2. The van der Waals surface area contributed by atoms with Crippen molar-refractivity contribution in [1.29, 1.82) is 0 Å². The van der Waals surface area contributed by atoms with Crippen LogP contribution in [0.15, 0.2) is 29.2 Å². The predicted octanol–water partition coefficient (Wildman–Crippen LogP) is 3.35. The standard InChI is InChI=1S/C20H25N3O3S2/c1-12(2)23-9-8-15-16(10-23)28-20(18(15)19(21)25)22-17(24)11-27-14-6-4-13(26-3)5-7-14/h4-7,12H,8-11H2,1-3H3,(H2,21,25)(H,22,24). The molecule has 0 unspecified atom stereocenters. The van der Waals surface area contributed by atoms with Gasteiger partial charge in [-0.25, -0.2) is 0 Å². The summed E-state index contributed by atoms with van der Waals surface area (Å²) >= 11 is 2.90. The fraction of sp³-hybridized carbons (Fsp3) is 0.400. The molecule has 8 heteroatoms. The van der Waals surface area contributed by atoms with E-state index in [1.54, 1.807) is 7.11 Å². The smallest absolute Gasteiger partial charge is 0.251 e. The number of nitrogens with two attached hydrogens (primary N) is 1. The Morgan fingerprint density at radius 1 is 1.32 bits per heavy atom. The first kappa shape index (κ1) is 20.7. The number of primary amides is 1. The summed E-state index contributed by atoms with van der Waals surface area (Å²) in [5, 5.41) is 3.47. The van der Waals surface area contributed by atoms with Crippen molar-refractivity contribution in [3.05, 3.63) is 40.3 Å². The lowest BCUT2D eigenvalue weighted by Gasteiger charge is -2.30. The first-order valence-electron chi connectivity index (χ1n) is 9.14. The van der Waals surface area contributed by atoms with Crippen LogP contribution in [0.1, 0.15) is 34.6 Å². The molecule has 2 heterocycles. The monoisotopic (exact) mass is 419 g/mol. The number of anilines is 1. The average Bonchev–Trinajstić information content (AvgIpc) is 3.03. The minimum absolute atomic E-state index is 0.150. The fourth-order valence-electron chi connectivity index (χ4n) is 3.20. The van der Waals surface area contributed by atoms with Gasteiger partial charge in [0.05, 0.1) is 18.4 Å². The molecule has 2 aromatic rings. The van der Waals surface area contributed by atoms with E-state index in [4.69, 9.17) is 10.5 Å². The molecule has 0 aliphatic carbocycles. The molecule has 0 saturated carbocycles. The van der Waals surface area contributed by atoms with Gasteiger partial charge < -0.3 is 15.8 Å². The van der Waals surface area contributed by atoms with Crippen LogP contribution in [0.5, 0.6) is 5.75 Å². The lowest BCUT2D eigenvalue weighted by molar-refractivity contribution is -0.113. The second-order valence-corrected chi connectivity index (χ2v) is 9.05. The van der Waals surface area contributed by atoms with Crippen LogP contribution in [0.2, 0.25) is 0 Å². The quantitative estimate of drug-likeness (QED) is 0.673. The van der Waals surface area contributed by atoms with E-state index in [-0.39, 0.29) is 11.7 Å². The van der Waals surface area contributed by atoms with Crippen molar-refractivity contribution in [1.82, 2.24) is 4.90 Å². The molecule has 1 aliphatic heterocycles. The maximum absolute atomic E-state index is 12.5. The van der Waals surface area contributed by atoms with Crippen molar-refractivity contribution in [2.24, 2.45) is 5.73 Å². The molecule has 0 atom stereocenters. The number of thioether (sulfide) groups is 1. The second kappa shape index (κ2) is 8.98. The van der Waals surface area contributed by atoms with E-state index in [0.717, 1.165) is 40.6 Å². The number of carbonyl (C=O) groups is 2. The largest absolute Gasteiger partial charge is 0.497 e. The van der Waals surface area contributed by atoms with Crippen LogP contribution < -0.4 is 15.8 Å². The number of benzene rings is 1. The maximum Gasteiger partial charge on any atom is 0.251 e. The van der Waals surface area contributed by atoms with E-state index in [1.165, 1.54) is 23.1 Å². The topological polar surface area (TPSA) is 84.7 Å². The molecule has 1 aromatic heterocycles. The van der Waals surface area contributed by atoms with Gasteiger partial charge in [0.1, 0.15) is 10.8 Å². The van der Waals surface area contributed by atoms with Gasteiger partial charge in [-0.05, 0) is 50.1 Å². The number of nitrogens with zero attached hydrogens (tertiary/aromatic N) is 1. The number of hydrogen-bond donors (Lipinski definition) is 2. The Morgan fingerprint density at radius 3 is 2.64 bits per heavy atom. The van der Waals surface area contributed by atoms with Gasteiger partial charge in [-0.2, -0.15) is 0 Å². The summed E-state index contributed by atoms with van der Waals surface area (Å²) in [6, 6.07) is 7.98. The molecule has 1 aliphatic rings. The number of nitrogens with one attached hydrogen (secondary N) is 1. The number of ether oxygens (including phenoxy) is 1. The van der Waals surface area contributed by atoms with Crippen molar-refractivity contribution < 1.29 is 14.3 Å². The third-order valence-corrected chi connectivity index (χ3v) is 6.89. The van der Waals surface area contributed by atoms with E-state index < -0.39 is 5.91 Å². The van der Waals surface area contributed by atoms with Crippen LogP contribution in [0.3, 0.4) is 0 Å². The highest BCUT2D eigenvalue weighted by molar-refractivity contribution is 8.00. The molecular weight excluding hydrogens is 394 g/mol. The molecule has 0 spiro atoms. The molecule has 150 valence electrons. The van der Waals surface area contributed by atoms with E-state index in [1.807, 2.05) is 24.3 Å². The Balaban J connectivity index is 1.69. The summed E-state index contributed by atoms with van der Waals surface area (Å²) in [6.45, 7) is 6.00. The van der Waals surface area contributed by atoms with Gasteiger partial charge in [-0.15, -0.1) is 23.1 Å². The number of rotatable bonds is 7. The third-order valence-electron chi connectivity index (χ3n) is 4.75. The van der Waals surface area contributed by atoms with Gasteiger partial charge in [0.2, 0.25) is 5.91 Å². The lowest BCUT2D eigenvalue weighted by atomic mass is 10.0. The van der Waals surface area contributed by atoms with Crippen molar-refractivity contribution in [3.63, 3.8) is 0 Å². The molecule has 0 saturated heterocycles. The minimum Gasteiger partial charge on any atom is -0.497 e. The fourth-order valence-corrected chi connectivity index (χ4v) is 5.19. The molecule has 6 nitrogen and oxygen atoms in total. The third kappa shape index (κ3) is 4.68. The van der Waals surface area contributed by atoms with Gasteiger partial charge in [0.15, 0.2) is 0 Å². The van der Waals surface area contributed by atoms with Crippen molar-refractivity contribution >= 4 is 39.9 Å². The van der Waals surface area contributed by atoms with Crippen LogP contribution in [0, 0.1) is 0 Å². The molecular formula is C20H25N3O3S2. The number of hydrogen-bond acceptors (Lipinski definition) is 6. The van der Waals surface area contributed by atoms with Gasteiger partial charge in [0, 0.05) is 28.9 Å². The highest BCUT2D eigenvalue weighted by Gasteiger charge is 2.28. The summed E-state index contributed by atoms with van der Waals surface area (Å²) in [5.74, 6) is 0.404. The second-order valence-electron chi connectivity index (χ2n) is 6.90. The SMILES string of the molecule is COc1ccc(SCC(=O)Nc2sc3c(c2C(N)=O)CCN(C(C)C)C3)cc1. The highest BCUT2D eigenvalue weighted by Crippen LogP contribution is 2.37. The molecule has 0 bridgehead atoms. The van der Waals surface area contributed by atoms with E-state index in [0.29, 0.717) is 16.6 Å². The zero-order chi connectivity index (χ0) is 20.3. The first-order chi connectivity index (χ1) is 13.4. The highest BCUT2D eigenvalue weighted by atomic mass is 32.2. The Labute approximate surface area is 173 Å². The van der Waals surface area contributed by atoms with E-state index in [2.05, 4.69) is 24.1 Å². The summed E-state index contributed by atoms with van der Waals surface area (Å²) in [6.07, 6.45) is 0.777. The summed E-state index contributed by atoms with van der Waals surface area (Å²) in [7, 11) is 1.62. The van der Waals surface area contributed by atoms with Crippen LogP contribution in [-0.4, -0.2) is 42.2 Å². The molecule has 0 radical (unpaired) electrons. The van der Waals surface area contributed by atoms with Crippen LogP contribution in [-0.2, 0) is 17.8 Å². The van der Waals surface area contributed by atoms with Crippen LogP contribution in [0.25, 0.3) is 0 Å². The molecule has 1 aromatic carbocycles. The Morgan fingerprint density at radius 2 is 2.04 bits per heavy atom. The Hall–Kier alpha value is -2.03. The van der Waals surface area contributed by atoms with Gasteiger partial charge in [0.25, 0.3) is 5.91 Å². The molecule has 0 fully saturated rings. The Kier molecular flexibility index (Phi) is 6.64. The minimum atomic E-state index is -0.478. The summed E-state index contributed by atoms with van der Waals surface area (Å²) < 4.78 is 5.14. The lowest BCUT2D eigenvalue weighted by Crippen LogP contribution is -2.35. The summed E-state index contributed by atoms with van der Waals surface area (Å²) in [5.41, 5.74) is 7.10.